The van der Waals surface area contributed by atoms with Gasteiger partial charge in [0.15, 0.2) is 0 Å². The number of methoxy groups -OCH3 is 1. The van der Waals surface area contributed by atoms with E-state index >= 15 is 0 Å². The Morgan fingerprint density at radius 2 is 2.04 bits per heavy atom. The minimum Gasteiger partial charge on any atom is -0.469 e. The predicted molar refractivity (Wildman–Crippen MR) is 98.7 cm³/mol. The molecule has 7 heteroatoms. The summed E-state index contributed by atoms with van der Waals surface area (Å²) in [6, 6.07) is 7.56. The molecule has 2 amide bonds. The quantitative estimate of drug-likeness (QED) is 0.554. The Kier molecular flexibility index (Phi) is 7.91. The van der Waals surface area contributed by atoms with Gasteiger partial charge in [-0.3, -0.25) is 14.4 Å². The summed E-state index contributed by atoms with van der Waals surface area (Å²) < 4.78 is 4.57. The molecule has 1 N–H and O–H groups in total. The summed E-state index contributed by atoms with van der Waals surface area (Å²) in [5.41, 5.74) is 1.11. The molecule has 0 spiro atoms. The SMILES string of the molecule is COC(=O)CCCNC(=O)[C@H]1CCC(=O)N(CCc2ccc(Cl)cc2)C1. The Balaban J connectivity index is 1.77. The molecule has 1 aromatic rings. The van der Waals surface area contributed by atoms with Gasteiger partial charge in [0.25, 0.3) is 0 Å². The summed E-state index contributed by atoms with van der Waals surface area (Å²) in [7, 11) is 1.35. The van der Waals surface area contributed by atoms with Crippen LogP contribution >= 0.6 is 11.6 Å². The largest absolute Gasteiger partial charge is 0.469 e. The van der Waals surface area contributed by atoms with E-state index in [1.807, 2.05) is 24.3 Å². The molecule has 26 heavy (non-hydrogen) atoms. The maximum absolute atomic E-state index is 12.3. The number of hydrogen-bond donors (Lipinski definition) is 1. The summed E-state index contributed by atoms with van der Waals surface area (Å²) in [4.78, 5) is 37.2. The number of halogens is 1. The first kappa shape index (κ1) is 20.2. The zero-order valence-corrected chi connectivity index (χ0v) is 15.8. The number of rotatable bonds is 8. The zero-order valence-electron chi connectivity index (χ0n) is 15.0. The molecule has 0 aliphatic carbocycles. The fourth-order valence-electron chi connectivity index (χ4n) is 2.95. The van der Waals surface area contributed by atoms with Crippen molar-refractivity contribution in [1.29, 1.82) is 0 Å². The first-order valence-electron chi connectivity index (χ1n) is 8.86. The van der Waals surface area contributed by atoms with Gasteiger partial charge in [0.2, 0.25) is 11.8 Å². The number of ether oxygens (including phenoxy) is 1. The number of benzene rings is 1. The molecule has 1 atom stereocenters. The van der Waals surface area contributed by atoms with Gasteiger partial charge in [-0.1, -0.05) is 23.7 Å². The predicted octanol–water partition coefficient (Wildman–Crippen LogP) is 2.19. The van der Waals surface area contributed by atoms with Crippen molar-refractivity contribution in [3.05, 3.63) is 34.9 Å². The van der Waals surface area contributed by atoms with Crippen LogP contribution in [0.1, 0.15) is 31.2 Å². The van der Waals surface area contributed by atoms with Crippen LogP contribution in [0.15, 0.2) is 24.3 Å². The Morgan fingerprint density at radius 1 is 1.31 bits per heavy atom. The van der Waals surface area contributed by atoms with E-state index in [0.717, 1.165) is 12.0 Å². The van der Waals surface area contributed by atoms with Crippen molar-refractivity contribution in [2.45, 2.75) is 32.1 Å². The lowest BCUT2D eigenvalue weighted by molar-refractivity contribution is -0.141. The third kappa shape index (κ3) is 6.33. The number of amides is 2. The first-order chi connectivity index (χ1) is 12.5. The van der Waals surface area contributed by atoms with Gasteiger partial charge in [0.1, 0.15) is 0 Å². The number of hydrogen-bond acceptors (Lipinski definition) is 4. The molecule has 142 valence electrons. The monoisotopic (exact) mass is 380 g/mol. The molecule has 0 unspecified atom stereocenters. The average molecular weight is 381 g/mol. The van der Waals surface area contributed by atoms with E-state index in [4.69, 9.17) is 11.6 Å². The molecule has 1 aliphatic rings. The summed E-state index contributed by atoms with van der Waals surface area (Å²) in [5, 5.41) is 3.53. The molecule has 0 bridgehead atoms. The Labute approximate surface area is 158 Å². The van der Waals surface area contributed by atoms with Crippen LogP contribution in [-0.2, 0) is 25.5 Å². The van der Waals surface area contributed by atoms with E-state index < -0.39 is 0 Å². The number of nitrogens with zero attached hydrogens (tertiary/aromatic N) is 1. The standard InChI is InChI=1S/C19H25ClN2O4/c1-26-18(24)3-2-11-21-19(25)15-6-9-17(23)22(13-15)12-10-14-4-7-16(20)8-5-14/h4-5,7-8,15H,2-3,6,9-13H2,1H3,(H,21,25)/t15-/m0/s1. The minimum atomic E-state index is -0.282. The van der Waals surface area contributed by atoms with Crippen LogP contribution in [0.25, 0.3) is 0 Å². The van der Waals surface area contributed by atoms with Crippen LogP contribution in [0.4, 0.5) is 0 Å². The van der Waals surface area contributed by atoms with Crippen molar-refractivity contribution in [2.75, 3.05) is 26.7 Å². The van der Waals surface area contributed by atoms with Gasteiger partial charge in [-0.05, 0) is 37.0 Å². The van der Waals surface area contributed by atoms with Gasteiger partial charge < -0.3 is 15.0 Å². The van der Waals surface area contributed by atoms with Crippen LogP contribution in [0.2, 0.25) is 5.02 Å². The van der Waals surface area contributed by atoms with Crippen molar-refractivity contribution in [1.82, 2.24) is 10.2 Å². The Morgan fingerprint density at radius 3 is 2.73 bits per heavy atom. The van der Waals surface area contributed by atoms with Crippen LogP contribution in [-0.4, -0.2) is 49.4 Å². The number of carbonyl (C=O) groups excluding carboxylic acids is 3. The highest BCUT2D eigenvalue weighted by molar-refractivity contribution is 6.30. The fraction of sp³-hybridized carbons (Fsp3) is 0.526. The third-order valence-corrected chi connectivity index (χ3v) is 4.79. The molecule has 2 rings (SSSR count). The highest BCUT2D eigenvalue weighted by Gasteiger charge is 2.29. The number of piperidine rings is 1. The van der Waals surface area contributed by atoms with E-state index in [1.165, 1.54) is 7.11 Å². The topological polar surface area (TPSA) is 75.7 Å². The molecular weight excluding hydrogens is 356 g/mol. The molecule has 0 radical (unpaired) electrons. The second kappa shape index (κ2) is 10.2. The first-order valence-corrected chi connectivity index (χ1v) is 9.24. The van der Waals surface area contributed by atoms with Crippen LogP contribution in [0.3, 0.4) is 0 Å². The molecule has 1 fully saturated rings. The minimum absolute atomic E-state index is 0.0566. The summed E-state index contributed by atoms with van der Waals surface area (Å²) in [5.74, 6) is -0.445. The lowest BCUT2D eigenvalue weighted by Gasteiger charge is -2.32. The van der Waals surface area contributed by atoms with E-state index in [0.29, 0.717) is 43.9 Å². The van der Waals surface area contributed by atoms with Crippen LogP contribution in [0.5, 0.6) is 0 Å². The summed E-state index contributed by atoms with van der Waals surface area (Å²) in [6.45, 7) is 1.46. The molecular formula is C19H25ClN2O4. The molecule has 1 saturated heterocycles. The average Bonchev–Trinajstić information content (AvgIpc) is 2.65. The van der Waals surface area contributed by atoms with Gasteiger partial charge in [0, 0.05) is 37.5 Å². The summed E-state index contributed by atoms with van der Waals surface area (Å²) >= 11 is 5.88. The molecule has 6 nitrogen and oxygen atoms in total. The lowest BCUT2D eigenvalue weighted by Crippen LogP contribution is -2.46. The van der Waals surface area contributed by atoms with Crippen LogP contribution < -0.4 is 5.32 Å². The molecule has 0 saturated carbocycles. The Bertz CT molecular complexity index is 633. The smallest absolute Gasteiger partial charge is 0.305 e. The summed E-state index contributed by atoms with van der Waals surface area (Å²) in [6.07, 6.45) is 2.52. The van der Waals surface area contributed by atoms with Gasteiger partial charge in [-0.2, -0.15) is 0 Å². The maximum Gasteiger partial charge on any atom is 0.305 e. The highest BCUT2D eigenvalue weighted by atomic mass is 35.5. The fourth-order valence-corrected chi connectivity index (χ4v) is 3.08. The van der Waals surface area contributed by atoms with Gasteiger partial charge in [0.05, 0.1) is 13.0 Å². The zero-order chi connectivity index (χ0) is 18.9. The second-order valence-electron chi connectivity index (χ2n) is 6.42. The van der Waals surface area contributed by atoms with Gasteiger partial charge >= 0.3 is 5.97 Å². The molecule has 0 aromatic heterocycles. The van der Waals surface area contributed by atoms with Crippen molar-refractivity contribution in [3.8, 4) is 0 Å². The number of carbonyl (C=O) groups is 3. The number of esters is 1. The maximum atomic E-state index is 12.3. The third-order valence-electron chi connectivity index (χ3n) is 4.54. The normalized spacial score (nSPS) is 17.1. The van der Waals surface area contributed by atoms with Gasteiger partial charge in [-0.15, -0.1) is 0 Å². The highest BCUT2D eigenvalue weighted by Crippen LogP contribution is 2.19. The van der Waals surface area contributed by atoms with Gasteiger partial charge in [-0.25, -0.2) is 0 Å². The van der Waals surface area contributed by atoms with Crippen LogP contribution in [0, 0.1) is 5.92 Å². The molecule has 1 heterocycles. The Hall–Kier alpha value is -2.08. The molecule has 1 aliphatic heterocycles. The van der Waals surface area contributed by atoms with Crippen molar-refractivity contribution >= 4 is 29.4 Å². The number of likely N-dealkylation sites (tertiary alicyclic amines) is 1. The van der Waals surface area contributed by atoms with Crippen molar-refractivity contribution < 1.29 is 19.1 Å². The van der Waals surface area contributed by atoms with Crippen molar-refractivity contribution in [2.24, 2.45) is 5.92 Å². The second-order valence-corrected chi connectivity index (χ2v) is 6.86. The van der Waals surface area contributed by atoms with E-state index in [1.54, 1.807) is 4.90 Å². The van der Waals surface area contributed by atoms with E-state index in [2.05, 4.69) is 10.1 Å². The lowest BCUT2D eigenvalue weighted by atomic mass is 9.96. The number of nitrogens with one attached hydrogen (secondary N) is 1. The van der Waals surface area contributed by atoms with E-state index in [9.17, 15) is 14.4 Å². The molecule has 1 aromatic carbocycles. The van der Waals surface area contributed by atoms with E-state index in [-0.39, 0.29) is 30.1 Å². The van der Waals surface area contributed by atoms with Crippen molar-refractivity contribution in [3.63, 3.8) is 0 Å².